The molecule has 0 radical (unpaired) electrons. The van der Waals surface area contributed by atoms with Crippen molar-refractivity contribution in [2.75, 3.05) is 70.5 Å². The molecule has 0 N–H and O–H groups in total. The van der Waals surface area contributed by atoms with Crippen LogP contribution in [-0.2, 0) is 51.7 Å². The summed E-state index contributed by atoms with van der Waals surface area (Å²) < 4.78 is 11.7. The number of nitrogens with zero attached hydrogens (tertiary/aromatic N) is 18. The zero-order valence-electron chi connectivity index (χ0n) is 71.4. The fourth-order valence-electron chi connectivity index (χ4n) is 10.8. The Bertz CT molecular complexity index is 4920. The van der Waals surface area contributed by atoms with Crippen LogP contribution in [0.5, 0.6) is 0 Å². The number of thioether (sulfide) groups is 9. The van der Waals surface area contributed by atoms with Crippen molar-refractivity contribution >= 4 is 308 Å². The number of hydrogen-bond acceptors (Lipinski definition) is 34. The quantitative estimate of drug-likeness (QED) is 0.0211. The summed E-state index contributed by atoms with van der Waals surface area (Å²) in [7, 11) is 10.6. The Kier molecular flexibility index (Phi) is 44.6. The Labute approximate surface area is 843 Å². The lowest BCUT2D eigenvalue weighted by molar-refractivity contribution is -0.152. The van der Waals surface area contributed by atoms with Gasteiger partial charge in [-0.3, -0.25) is 54.1 Å². The van der Waals surface area contributed by atoms with Crippen LogP contribution < -0.4 is 15.0 Å². The first-order chi connectivity index (χ1) is 62.4. The second-order valence-electron chi connectivity index (χ2n) is 26.7. The third-order valence-electron chi connectivity index (χ3n) is 17.9. The average Bonchev–Trinajstić information content (AvgIpc) is 0.735. The van der Waals surface area contributed by atoms with Gasteiger partial charge < -0.3 is 9.47 Å². The lowest BCUT2D eigenvalue weighted by atomic mass is 10.2. The molecule has 5 atom stereocenters. The molecule has 2 aliphatic rings. The number of nitriles is 2. The van der Waals surface area contributed by atoms with Gasteiger partial charge in [-0.15, -0.1) is 0 Å². The third kappa shape index (κ3) is 30.9. The minimum Gasteiger partial charge on any atom is -0.465 e. The number of esters is 2. The molecule has 5 unspecified atom stereocenters. The van der Waals surface area contributed by atoms with Gasteiger partial charge in [0.2, 0.25) is 11.8 Å². The number of carbonyl (C=O) groups is 6. The van der Waals surface area contributed by atoms with E-state index in [4.69, 9.17) is 141 Å². The van der Waals surface area contributed by atoms with E-state index in [0.29, 0.717) is 36.0 Å². The molecule has 10 rings (SSSR count). The molecule has 3 heterocycles. The van der Waals surface area contributed by atoms with Crippen molar-refractivity contribution in [3.63, 3.8) is 0 Å². The molecular formula is C86H86N18O8S18. The summed E-state index contributed by atoms with van der Waals surface area (Å²) in [5.41, 5.74) is 6.57. The Morgan fingerprint density at radius 3 is 0.885 bits per heavy atom. The zero-order valence-corrected chi connectivity index (χ0v) is 86.1. The molecule has 2 fully saturated rings. The van der Waals surface area contributed by atoms with Gasteiger partial charge in [-0.05, 0) is 72.8 Å². The Balaban J connectivity index is 0.000000252. The molecule has 130 heavy (non-hydrogen) atoms. The molecule has 8 aromatic rings. The van der Waals surface area contributed by atoms with Gasteiger partial charge in [0, 0.05) is 83.7 Å². The van der Waals surface area contributed by atoms with Crippen LogP contribution in [0, 0.1) is 29.2 Å². The number of urea groups is 2. The normalized spacial score (nSPS) is 13.4. The maximum Gasteiger partial charge on any atom is 0.370 e. The molecule has 0 bridgehead atoms. The topological polar surface area (TPSA) is 250 Å². The van der Waals surface area contributed by atoms with Gasteiger partial charge >= 0.3 is 29.4 Å². The van der Waals surface area contributed by atoms with Gasteiger partial charge in [0.25, 0.3) is 17.8 Å². The molecule has 26 nitrogen and oxygen atoms in total. The summed E-state index contributed by atoms with van der Waals surface area (Å²) in [6.07, 6.45) is -0.0466. The van der Waals surface area contributed by atoms with E-state index in [0.717, 1.165) is 92.5 Å². The summed E-state index contributed by atoms with van der Waals surface area (Å²) in [4.78, 5) is 96.0. The number of aromatic nitrogens is 3. The highest BCUT2D eigenvalue weighted by Gasteiger charge is 2.50. The molecule has 6 amide bonds. The molecule has 0 saturated carbocycles. The number of carbonyl (C=O) groups excluding carboxylic acids is 6. The summed E-state index contributed by atoms with van der Waals surface area (Å²) >= 11 is 62.0. The van der Waals surface area contributed by atoms with Crippen LogP contribution in [0.15, 0.2) is 212 Å². The molecule has 0 aliphatic carbocycles. The van der Waals surface area contributed by atoms with E-state index in [1.165, 1.54) is 82.3 Å². The van der Waals surface area contributed by atoms with Gasteiger partial charge in [0.15, 0.2) is 38.9 Å². The van der Waals surface area contributed by atoms with E-state index in [-0.39, 0.29) is 69.8 Å². The standard InChI is InChI=1S/C36H36N12S6.C34H28N4O2S8.C16H22N2O6S4/c1-39-30(27-21-15-10-16-22-27)54-36(51)48(7)45(4)33-41-31(43(2)46(5)34(49)52-28(23-37)25-17-11-8-12-18-25)40-32(42-33)44(3)47(6)35(50)53-29(24-38)26-19-13-9-14-20-26;39-29-35(31(41)45-21-25-13-5-1-6-14-25)36(32(42)46-22-26-15-7-2-8-16-26)30(40)38(34(44)48-24-28-19-11-4-12-20-28)37(29)33(43)47-23-27-17-9-3-10-18-27;1-5-23-13(21)9(3)27-15(25)17-11(19)7-8-12(20)18(17)16(26)28-10(4)14(22)24-6-2/h8-22,28-30H,2-7H3;1-20H,21-24H2;9-10H,5-8H2,1-4H3. The second kappa shape index (κ2) is 54.4. The summed E-state index contributed by atoms with van der Waals surface area (Å²) in [6.45, 7) is 14.8. The molecule has 0 spiro atoms. The van der Waals surface area contributed by atoms with Crippen LogP contribution >= 0.6 is 216 Å². The number of anilines is 3. The fraction of sp³-hybridized carbons (Fsp3) is 0.267. The Morgan fingerprint density at radius 2 is 0.638 bits per heavy atom. The molecule has 1 aromatic heterocycles. The molecular weight excluding hydrogens is 1990 g/mol. The predicted octanol–water partition coefficient (Wildman–Crippen LogP) is 20.4. The van der Waals surface area contributed by atoms with Crippen molar-refractivity contribution in [1.29, 1.82) is 10.5 Å². The Morgan fingerprint density at radius 1 is 0.392 bits per heavy atom. The molecule has 676 valence electrons. The first kappa shape index (κ1) is 107. The van der Waals surface area contributed by atoms with Gasteiger partial charge in [-0.1, -0.05) is 416 Å². The number of hydrogen-bond donors (Lipinski definition) is 0. The average molecular weight is 2080 g/mol. The van der Waals surface area contributed by atoms with Gasteiger partial charge in [0.1, 0.15) is 21.0 Å². The number of thiocarbonyl (C=S) groups is 9. The first-order valence-corrected chi connectivity index (χ1v) is 51.0. The predicted molar refractivity (Wildman–Crippen MR) is 569 cm³/mol. The van der Waals surface area contributed by atoms with Gasteiger partial charge in [-0.25, -0.2) is 16.2 Å². The maximum atomic E-state index is 14.6. The van der Waals surface area contributed by atoms with E-state index in [2.05, 4.69) is 17.0 Å². The van der Waals surface area contributed by atoms with E-state index in [1.807, 2.05) is 212 Å². The van der Waals surface area contributed by atoms with E-state index < -0.39 is 62.2 Å². The van der Waals surface area contributed by atoms with Crippen molar-refractivity contribution in [2.45, 2.75) is 89.9 Å². The highest BCUT2D eigenvalue weighted by atomic mass is 32.2. The Hall–Kier alpha value is -8.80. The second-order valence-corrected chi connectivity index (χ2v) is 42.3. The summed E-state index contributed by atoms with van der Waals surface area (Å²) in [5, 5.41) is 33.6. The van der Waals surface area contributed by atoms with E-state index in [9.17, 15) is 39.3 Å². The summed E-state index contributed by atoms with van der Waals surface area (Å²) in [5.74, 6) is 0.832. The van der Waals surface area contributed by atoms with Crippen molar-refractivity contribution in [3.05, 3.63) is 263 Å². The van der Waals surface area contributed by atoms with Crippen LogP contribution in [0.1, 0.15) is 95.4 Å². The molecule has 7 aromatic carbocycles. The van der Waals surface area contributed by atoms with Crippen LogP contribution in [0.3, 0.4) is 0 Å². The number of benzene rings is 7. The third-order valence-corrected chi connectivity index (χ3v) is 31.2. The smallest absolute Gasteiger partial charge is 0.370 e. The van der Waals surface area contributed by atoms with Crippen molar-refractivity contribution in [2.24, 2.45) is 0 Å². The molecule has 44 heteroatoms. The van der Waals surface area contributed by atoms with Crippen LogP contribution in [0.25, 0.3) is 4.85 Å². The highest BCUT2D eigenvalue weighted by Crippen LogP contribution is 2.39. The number of ether oxygens (including phenoxy) is 2. The van der Waals surface area contributed by atoms with Crippen LogP contribution in [-0.4, -0.2) is 201 Å². The monoisotopic (exact) mass is 2070 g/mol. The first-order valence-electron chi connectivity index (χ1n) is 39.0. The minimum atomic E-state index is -0.668. The van der Waals surface area contributed by atoms with Crippen LogP contribution in [0.2, 0.25) is 0 Å². The number of amides is 6. The zero-order chi connectivity index (χ0) is 94.7. The molecule has 2 saturated heterocycles. The van der Waals surface area contributed by atoms with Crippen molar-refractivity contribution < 1.29 is 38.2 Å². The minimum absolute atomic E-state index is 0.00495. The van der Waals surface area contributed by atoms with Crippen molar-refractivity contribution in [1.82, 2.24) is 60.0 Å². The number of rotatable bonds is 26. The lowest BCUT2D eigenvalue weighted by Crippen LogP contribution is -2.71. The fourth-order valence-corrected chi connectivity index (χ4v) is 21.6. The molecule has 2 aliphatic heterocycles. The lowest BCUT2D eigenvalue weighted by Gasteiger charge is -2.47. The SMILES string of the molecule is CCOC(=O)C(C)SC(=S)N1C(=O)CCC(=O)N1C(=S)SC(C)C(=O)OCC.O=C1N(C(=S)SCc2ccccc2)N(C(=S)SCc2ccccc2)C(=O)N(C(=S)SCc2ccccc2)N1C(=S)SCc1ccccc1.[C-]#[N+]C(SC(=S)N(C)N(C)c1nc(N(C)N(C)C(=S)SC(C#N)c2ccccc2)nc(N(C)N(C)C(=S)SC(C#N)c2ccccc2)n1)c1ccccc1. The van der Waals surface area contributed by atoms with Crippen molar-refractivity contribution in [3.8, 4) is 12.1 Å². The summed E-state index contributed by atoms with van der Waals surface area (Å²) in [6, 6.07) is 70.8. The van der Waals surface area contributed by atoms with Gasteiger partial charge in [0.05, 0.1) is 25.4 Å². The highest BCUT2D eigenvalue weighted by molar-refractivity contribution is 8.26. The number of hydrazine groups is 6. The van der Waals surface area contributed by atoms with E-state index in [1.54, 1.807) is 100 Å². The van der Waals surface area contributed by atoms with Crippen LogP contribution in [0.4, 0.5) is 27.4 Å². The maximum absolute atomic E-state index is 14.6. The largest absolute Gasteiger partial charge is 0.465 e. The van der Waals surface area contributed by atoms with E-state index >= 15 is 0 Å². The van der Waals surface area contributed by atoms with Gasteiger partial charge in [-0.2, -0.15) is 55.5 Å².